The van der Waals surface area contributed by atoms with Crippen molar-refractivity contribution in [3.63, 3.8) is 0 Å². The standard InChI is InChI=1S/C17H23N3O3/c1-2-4-16(21)20-9-14-13(11-23-15(14)10-20)8-19-17(22)12-5-3-6-18-7-12/h3,5-7,13-15H,2,4,8-11H2,1H3,(H,19,22)/t13-,14+,15+/m0/s1. The number of pyridine rings is 1. The van der Waals surface area contributed by atoms with Crippen molar-refractivity contribution in [3.05, 3.63) is 30.1 Å². The number of likely N-dealkylation sites (tertiary alicyclic amines) is 1. The van der Waals surface area contributed by atoms with Gasteiger partial charge in [0.15, 0.2) is 0 Å². The number of aromatic nitrogens is 1. The summed E-state index contributed by atoms with van der Waals surface area (Å²) in [6.07, 6.45) is 4.80. The lowest BCUT2D eigenvalue weighted by Gasteiger charge is -2.20. The molecule has 0 aromatic carbocycles. The average Bonchev–Trinajstić information content (AvgIpc) is 3.14. The first-order valence-electron chi connectivity index (χ1n) is 8.26. The van der Waals surface area contributed by atoms with Gasteiger partial charge in [0.1, 0.15) is 0 Å². The maximum Gasteiger partial charge on any atom is 0.252 e. The molecule has 2 aliphatic rings. The normalized spacial score (nSPS) is 26.1. The van der Waals surface area contributed by atoms with Gasteiger partial charge < -0.3 is 15.0 Å². The minimum absolute atomic E-state index is 0.113. The molecule has 0 spiro atoms. The number of ether oxygens (including phenoxy) is 1. The summed E-state index contributed by atoms with van der Waals surface area (Å²) in [6, 6.07) is 3.49. The van der Waals surface area contributed by atoms with Gasteiger partial charge in [0, 0.05) is 50.3 Å². The molecule has 3 heterocycles. The molecule has 1 aromatic rings. The Morgan fingerprint density at radius 1 is 1.43 bits per heavy atom. The molecule has 124 valence electrons. The molecular formula is C17H23N3O3. The predicted octanol–water partition coefficient (Wildman–Crippen LogP) is 1.08. The maximum atomic E-state index is 12.1. The van der Waals surface area contributed by atoms with Gasteiger partial charge in [0.05, 0.1) is 18.3 Å². The third-order valence-electron chi connectivity index (χ3n) is 4.70. The van der Waals surface area contributed by atoms with Crippen LogP contribution in [-0.2, 0) is 9.53 Å². The molecule has 23 heavy (non-hydrogen) atoms. The van der Waals surface area contributed by atoms with E-state index >= 15 is 0 Å². The number of rotatable bonds is 5. The van der Waals surface area contributed by atoms with E-state index in [1.54, 1.807) is 24.5 Å². The lowest BCUT2D eigenvalue weighted by atomic mass is 9.93. The predicted molar refractivity (Wildman–Crippen MR) is 84.8 cm³/mol. The minimum Gasteiger partial charge on any atom is -0.376 e. The fourth-order valence-corrected chi connectivity index (χ4v) is 3.41. The van der Waals surface area contributed by atoms with Crippen LogP contribution < -0.4 is 5.32 Å². The molecule has 1 N–H and O–H groups in total. The van der Waals surface area contributed by atoms with Crippen LogP contribution in [0.1, 0.15) is 30.1 Å². The van der Waals surface area contributed by atoms with Crippen LogP contribution in [0, 0.1) is 11.8 Å². The van der Waals surface area contributed by atoms with Crippen LogP contribution in [-0.4, -0.2) is 54.0 Å². The number of hydrogen-bond acceptors (Lipinski definition) is 4. The first-order chi connectivity index (χ1) is 11.2. The number of amides is 2. The Balaban J connectivity index is 1.52. The van der Waals surface area contributed by atoms with Gasteiger partial charge >= 0.3 is 0 Å². The van der Waals surface area contributed by atoms with E-state index in [1.165, 1.54) is 0 Å². The maximum absolute atomic E-state index is 12.1. The van der Waals surface area contributed by atoms with Gasteiger partial charge in [-0.15, -0.1) is 0 Å². The first-order valence-corrected chi connectivity index (χ1v) is 8.26. The third kappa shape index (κ3) is 3.52. The Labute approximate surface area is 136 Å². The molecule has 0 aliphatic carbocycles. The number of nitrogens with zero attached hydrogens (tertiary/aromatic N) is 2. The smallest absolute Gasteiger partial charge is 0.252 e. The molecule has 0 bridgehead atoms. The summed E-state index contributed by atoms with van der Waals surface area (Å²) in [6.45, 7) is 4.68. The van der Waals surface area contributed by atoms with Crippen LogP contribution in [0.5, 0.6) is 0 Å². The molecular weight excluding hydrogens is 294 g/mol. The Kier molecular flexibility index (Phi) is 4.91. The van der Waals surface area contributed by atoms with E-state index in [-0.39, 0.29) is 23.8 Å². The fraction of sp³-hybridized carbons (Fsp3) is 0.588. The van der Waals surface area contributed by atoms with Crippen molar-refractivity contribution < 1.29 is 14.3 Å². The zero-order valence-electron chi connectivity index (χ0n) is 13.4. The van der Waals surface area contributed by atoms with Gasteiger partial charge in [0.2, 0.25) is 5.91 Å². The van der Waals surface area contributed by atoms with E-state index < -0.39 is 0 Å². The molecule has 6 heteroatoms. The summed E-state index contributed by atoms with van der Waals surface area (Å²) in [5.41, 5.74) is 0.564. The van der Waals surface area contributed by atoms with Crippen LogP contribution in [0.15, 0.2) is 24.5 Å². The fourth-order valence-electron chi connectivity index (χ4n) is 3.41. The molecule has 3 rings (SSSR count). The molecule has 0 radical (unpaired) electrons. The second-order valence-electron chi connectivity index (χ2n) is 6.30. The average molecular weight is 317 g/mol. The van der Waals surface area contributed by atoms with Crippen LogP contribution in [0.3, 0.4) is 0 Å². The Hall–Kier alpha value is -1.95. The number of hydrogen-bond donors (Lipinski definition) is 1. The second kappa shape index (κ2) is 7.08. The molecule has 0 saturated carbocycles. The molecule has 0 unspecified atom stereocenters. The van der Waals surface area contributed by atoms with E-state index in [1.807, 2.05) is 11.8 Å². The summed E-state index contributed by atoms with van der Waals surface area (Å²) < 4.78 is 5.83. The molecule has 2 fully saturated rings. The van der Waals surface area contributed by atoms with Gasteiger partial charge in [0.25, 0.3) is 5.91 Å². The summed E-state index contributed by atoms with van der Waals surface area (Å²) in [5, 5.41) is 2.96. The van der Waals surface area contributed by atoms with E-state index in [0.717, 1.165) is 13.0 Å². The topological polar surface area (TPSA) is 71.5 Å². The number of fused-ring (bicyclic) bond motifs is 1. The van der Waals surface area contributed by atoms with E-state index in [0.29, 0.717) is 37.6 Å². The van der Waals surface area contributed by atoms with Gasteiger partial charge in [-0.3, -0.25) is 14.6 Å². The highest BCUT2D eigenvalue weighted by Crippen LogP contribution is 2.33. The Bertz CT molecular complexity index is 563. The van der Waals surface area contributed by atoms with Crippen molar-refractivity contribution >= 4 is 11.8 Å². The van der Waals surface area contributed by atoms with Crippen LogP contribution in [0.2, 0.25) is 0 Å². The molecule has 6 nitrogen and oxygen atoms in total. The van der Waals surface area contributed by atoms with Crippen molar-refractivity contribution in [2.45, 2.75) is 25.9 Å². The summed E-state index contributed by atoms with van der Waals surface area (Å²) in [5.74, 6) is 0.687. The van der Waals surface area contributed by atoms with Crippen molar-refractivity contribution in [2.24, 2.45) is 11.8 Å². The van der Waals surface area contributed by atoms with Crippen molar-refractivity contribution in [1.29, 1.82) is 0 Å². The van der Waals surface area contributed by atoms with Gasteiger partial charge in [-0.2, -0.15) is 0 Å². The lowest BCUT2D eigenvalue weighted by molar-refractivity contribution is -0.131. The van der Waals surface area contributed by atoms with Gasteiger partial charge in [-0.05, 0) is 18.6 Å². The van der Waals surface area contributed by atoms with Gasteiger partial charge in [-0.1, -0.05) is 6.92 Å². The first kappa shape index (κ1) is 15.9. The number of carbonyl (C=O) groups excluding carboxylic acids is 2. The van der Waals surface area contributed by atoms with Crippen molar-refractivity contribution in [2.75, 3.05) is 26.2 Å². The van der Waals surface area contributed by atoms with Crippen molar-refractivity contribution in [3.8, 4) is 0 Å². The number of carbonyl (C=O) groups is 2. The van der Waals surface area contributed by atoms with Crippen LogP contribution >= 0.6 is 0 Å². The SMILES string of the molecule is CCCC(=O)N1C[C@@H]2[C@@H](CNC(=O)c3cccnc3)CO[C@@H]2C1. The zero-order chi connectivity index (χ0) is 16.2. The van der Waals surface area contributed by atoms with Crippen LogP contribution in [0.4, 0.5) is 0 Å². The van der Waals surface area contributed by atoms with E-state index in [4.69, 9.17) is 4.74 Å². The summed E-state index contributed by atoms with van der Waals surface area (Å²) in [7, 11) is 0. The minimum atomic E-state index is -0.113. The molecule has 1 aromatic heterocycles. The van der Waals surface area contributed by atoms with E-state index in [9.17, 15) is 9.59 Å². The molecule has 2 aliphatic heterocycles. The summed E-state index contributed by atoms with van der Waals surface area (Å²) in [4.78, 5) is 30.0. The van der Waals surface area contributed by atoms with Crippen LogP contribution in [0.25, 0.3) is 0 Å². The highest BCUT2D eigenvalue weighted by molar-refractivity contribution is 5.93. The van der Waals surface area contributed by atoms with Gasteiger partial charge in [-0.25, -0.2) is 0 Å². The third-order valence-corrected chi connectivity index (χ3v) is 4.70. The summed E-state index contributed by atoms with van der Waals surface area (Å²) >= 11 is 0. The largest absolute Gasteiger partial charge is 0.376 e. The highest BCUT2D eigenvalue weighted by Gasteiger charge is 2.44. The second-order valence-corrected chi connectivity index (χ2v) is 6.30. The molecule has 3 atom stereocenters. The quantitative estimate of drug-likeness (QED) is 0.882. The Morgan fingerprint density at radius 3 is 3.04 bits per heavy atom. The molecule has 2 saturated heterocycles. The number of nitrogens with one attached hydrogen (secondary N) is 1. The highest BCUT2D eigenvalue weighted by atomic mass is 16.5. The zero-order valence-corrected chi connectivity index (χ0v) is 13.4. The Morgan fingerprint density at radius 2 is 2.30 bits per heavy atom. The monoisotopic (exact) mass is 317 g/mol. The lowest BCUT2D eigenvalue weighted by Crippen LogP contribution is -2.35. The van der Waals surface area contributed by atoms with Crippen molar-refractivity contribution in [1.82, 2.24) is 15.2 Å². The molecule has 2 amide bonds. The van der Waals surface area contributed by atoms with E-state index in [2.05, 4.69) is 10.3 Å².